The topological polar surface area (TPSA) is 56.2 Å². The first-order valence-electron chi connectivity index (χ1n) is 10.0. The maximum atomic E-state index is 13.6. The standard InChI is InChI=1S/C22H17ClF7N3O2/c1-11-16(23)20(22(28,29)30)32-33(11)8-2-7-31-21(34)13-5-3-12(4-6-13)10-35-19-17(26)14(24)9-15(25)18(19)27/h3-6,9H,2,7-8,10H2,1H3,(H,31,34). The van der Waals surface area contributed by atoms with Crippen molar-refractivity contribution in [2.24, 2.45) is 0 Å². The van der Waals surface area contributed by atoms with Gasteiger partial charge >= 0.3 is 6.18 Å². The van der Waals surface area contributed by atoms with E-state index >= 15 is 0 Å². The molecule has 0 radical (unpaired) electrons. The molecule has 0 fully saturated rings. The number of amides is 1. The van der Waals surface area contributed by atoms with Gasteiger partial charge in [-0.05, 0) is 31.0 Å². The van der Waals surface area contributed by atoms with Crippen LogP contribution in [-0.2, 0) is 19.3 Å². The molecular formula is C22H17ClF7N3O2. The van der Waals surface area contributed by atoms with Crippen LogP contribution in [0.5, 0.6) is 5.75 Å². The van der Waals surface area contributed by atoms with Gasteiger partial charge in [-0.3, -0.25) is 9.48 Å². The molecule has 1 amide bonds. The summed E-state index contributed by atoms with van der Waals surface area (Å²) in [6.07, 6.45) is -4.40. The van der Waals surface area contributed by atoms with E-state index in [9.17, 15) is 35.5 Å². The number of alkyl halides is 3. The Morgan fingerprint density at radius 2 is 1.69 bits per heavy atom. The summed E-state index contributed by atoms with van der Waals surface area (Å²) < 4.78 is 98.3. The van der Waals surface area contributed by atoms with Crippen LogP contribution in [0.3, 0.4) is 0 Å². The minimum absolute atomic E-state index is 0.0655. The number of nitrogens with one attached hydrogen (secondary N) is 1. The normalized spacial score (nSPS) is 11.6. The Balaban J connectivity index is 1.51. The summed E-state index contributed by atoms with van der Waals surface area (Å²) in [6.45, 7) is 1.20. The molecule has 0 bridgehead atoms. The molecule has 1 aromatic heterocycles. The zero-order valence-electron chi connectivity index (χ0n) is 17.9. The predicted molar refractivity (Wildman–Crippen MR) is 111 cm³/mol. The molecule has 2 aromatic carbocycles. The number of aryl methyl sites for hydroxylation is 1. The molecule has 0 aliphatic heterocycles. The van der Waals surface area contributed by atoms with Crippen LogP contribution in [0.25, 0.3) is 0 Å². The van der Waals surface area contributed by atoms with E-state index in [0.29, 0.717) is 5.56 Å². The Labute approximate surface area is 199 Å². The lowest BCUT2D eigenvalue weighted by Gasteiger charge is -2.10. The van der Waals surface area contributed by atoms with Gasteiger partial charge in [0.05, 0.1) is 10.7 Å². The number of ether oxygens (including phenoxy) is 1. The molecule has 35 heavy (non-hydrogen) atoms. The summed E-state index contributed by atoms with van der Waals surface area (Å²) in [5, 5.41) is 5.59. The van der Waals surface area contributed by atoms with Gasteiger partial charge in [-0.25, -0.2) is 8.78 Å². The minimum atomic E-state index is -4.67. The van der Waals surface area contributed by atoms with E-state index in [2.05, 4.69) is 10.4 Å². The summed E-state index contributed by atoms with van der Waals surface area (Å²) in [7, 11) is 0. The van der Waals surface area contributed by atoms with Crippen molar-refractivity contribution in [2.45, 2.75) is 32.7 Å². The van der Waals surface area contributed by atoms with Gasteiger partial charge in [-0.15, -0.1) is 0 Å². The van der Waals surface area contributed by atoms with E-state index < -0.39 is 58.4 Å². The van der Waals surface area contributed by atoms with Crippen molar-refractivity contribution in [3.05, 3.63) is 81.1 Å². The molecular weight excluding hydrogens is 507 g/mol. The first-order valence-corrected chi connectivity index (χ1v) is 10.4. The van der Waals surface area contributed by atoms with Crippen molar-refractivity contribution in [1.82, 2.24) is 15.1 Å². The zero-order valence-corrected chi connectivity index (χ0v) is 18.7. The van der Waals surface area contributed by atoms with Crippen LogP contribution in [0, 0.1) is 30.2 Å². The molecule has 1 heterocycles. The van der Waals surface area contributed by atoms with Crippen LogP contribution in [0.2, 0.25) is 5.02 Å². The number of rotatable bonds is 8. The van der Waals surface area contributed by atoms with Crippen molar-refractivity contribution in [1.29, 1.82) is 0 Å². The van der Waals surface area contributed by atoms with Crippen LogP contribution in [0.1, 0.15) is 33.7 Å². The molecule has 0 aliphatic carbocycles. The van der Waals surface area contributed by atoms with Gasteiger partial charge in [-0.1, -0.05) is 23.7 Å². The fourth-order valence-corrected chi connectivity index (χ4v) is 3.28. The number of hydrogen-bond acceptors (Lipinski definition) is 3. The van der Waals surface area contributed by atoms with E-state index in [4.69, 9.17) is 16.3 Å². The molecule has 0 aliphatic rings. The highest BCUT2D eigenvalue weighted by atomic mass is 35.5. The second-order valence-corrected chi connectivity index (χ2v) is 7.74. The third kappa shape index (κ3) is 6.05. The molecule has 5 nitrogen and oxygen atoms in total. The Bertz CT molecular complexity index is 1200. The number of carbonyl (C=O) groups excluding carboxylic acids is 1. The third-order valence-electron chi connectivity index (χ3n) is 4.91. The lowest BCUT2D eigenvalue weighted by molar-refractivity contribution is -0.141. The van der Waals surface area contributed by atoms with E-state index in [1.165, 1.54) is 31.2 Å². The van der Waals surface area contributed by atoms with E-state index in [-0.39, 0.29) is 36.8 Å². The fourth-order valence-electron chi connectivity index (χ4n) is 3.04. The molecule has 1 N–H and O–H groups in total. The molecule has 188 valence electrons. The molecule has 3 aromatic rings. The van der Waals surface area contributed by atoms with Crippen LogP contribution in [0.15, 0.2) is 30.3 Å². The largest absolute Gasteiger partial charge is 0.483 e. The number of aromatic nitrogens is 2. The van der Waals surface area contributed by atoms with E-state index in [1.807, 2.05) is 0 Å². The molecule has 0 atom stereocenters. The maximum Gasteiger partial charge on any atom is 0.436 e. The number of carbonyl (C=O) groups is 1. The first kappa shape index (κ1) is 26.3. The maximum absolute atomic E-state index is 13.6. The number of benzene rings is 2. The Morgan fingerprint density at radius 3 is 2.23 bits per heavy atom. The summed E-state index contributed by atoms with van der Waals surface area (Å²) in [4.78, 5) is 12.3. The molecule has 0 unspecified atom stereocenters. The number of halogens is 8. The van der Waals surface area contributed by atoms with E-state index in [1.54, 1.807) is 0 Å². The predicted octanol–water partition coefficient (Wildman–Crippen LogP) is 5.82. The van der Waals surface area contributed by atoms with Crippen molar-refractivity contribution in [3.63, 3.8) is 0 Å². The average Bonchev–Trinajstić information content (AvgIpc) is 3.09. The second-order valence-electron chi connectivity index (χ2n) is 7.36. The first-order chi connectivity index (χ1) is 16.4. The monoisotopic (exact) mass is 523 g/mol. The van der Waals surface area contributed by atoms with Crippen molar-refractivity contribution < 1.29 is 40.3 Å². The zero-order chi connectivity index (χ0) is 25.9. The van der Waals surface area contributed by atoms with Crippen molar-refractivity contribution in [3.8, 4) is 5.75 Å². The minimum Gasteiger partial charge on any atom is -0.483 e. The molecule has 0 saturated carbocycles. The third-order valence-corrected chi connectivity index (χ3v) is 5.36. The summed E-state index contributed by atoms with van der Waals surface area (Å²) in [5.74, 6) is -8.20. The lowest BCUT2D eigenvalue weighted by atomic mass is 10.1. The van der Waals surface area contributed by atoms with Crippen LogP contribution in [0.4, 0.5) is 30.7 Å². The van der Waals surface area contributed by atoms with Crippen molar-refractivity contribution in [2.75, 3.05) is 6.54 Å². The van der Waals surface area contributed by atoms with Gasteiger partial charge in [0, 0.05) is 24.7 Å². The summed E-state index contributed by atoms with van der Waals surface area (Å²) in [5.41, 5.74) is -0.432. The highest BCUT2D eigenvalue weighted by Gasteiger charge is 2.38. The van der Waals surface area contributed by atoms with Gasteiger partial charge in [0.1, 0.15) is 6.61 Å². The highest BCUT2D eigenvalue weighted by molar-refractivity contribution is 6.31. The molecule has 0 saturated heterocycles. The molecule has 3 rings (SSSR count). The Kier molecular flexibility index (Phi) is 7.93. The molecule has 13 heteroatoms. The second kappa shape index (κ2) is 10.5. The van der Waals surface area contributed by atoms with Gasteiger partial charge in [0.15, 0.2) is 23.1 Å². The summed E-state index contributed by atoms with van der Waals surface area (Å²) in [6, 6.07) is 5.66. The average molecular weight is 524 g/mol. The molecule has 0 spiro atoms. The fraction of sp³-hybridized carbons (Fsp3) is 0.273. The van der Waals surface area contributed by atoms with Crippen LogP contribution in [-0.4, -0.2) is 22.2 Å². The van der Waals surface area contributed by atoms with Gasteiger partial charge in [0.25, 0.3) is 5.91 Å². The Hall–Kier alpha value is -3.28. The highest BCUT2D eigenvalue weighted by Crippen LogP contribution is 2.35. The number of nitrogens with zero attached hydrogens (tertiary/aromatic N) is 2. The van der Waals surface area contributed by atoms with Crippen LogP contribution < -0.4 is 10.1 Å². The lowest BCUT2D eigenvalue weighted by Crippen LogP contribution is -2.25. The Morgan fingerprint density at radius 1 is 1.09 bits per heavy atom. The quantitative estimate of drug-likeness (QED) is 0.230. The van der Waals surface area contributed by atoms with Gasteiger partial charge in [-0.2, -0.15) is 27.1 Å². The van der Waals surface area contributed by atoms with Crippen LogP contribution >= 0.6 is 11.6 Å². The smallest absolute Gasteiger partial charge is 0.436 e. The summed E-state index contributed by atoms with van der Waals surface area (Å²) >= 11 is 5.69. The van der Waals surface area contributed by atoms with Gasteiger partial charge in [0.2, 0.25) is 11.6 Å². The van der Waals surface area contributed by atoms with Crippen molar-refractivity contribution >= 4 is 17.5 Å². The van der Waals surface area contributed by atoms with E-state index in [0.717, 1.165) is 4.68 Å². The van der Waals surface area contributed by atoms with Gasteiger partial charge < -0.3 is 10.1 Å². The number of hydrogen-bond donors (Lipinski definition) is 1. The SMILES string of the molecule is Cc1c(Cl)c(C(F)(F)F)nn1CCCNC(=O)c1ccc(COc2c(F)c(F)cc(F)c2F)cc1.